The summed E-state index contributed by atoms with van der Waals surface area (Å²) in [5.41, 5.74) is 2.45. The average molecular weight is 271 g/mol. The zero-order chi connectivity index (χ0) is 14.3. The summed E-state index contributed by atoms with van der Waals surface area (Å²) in [6.07, 6.45) is 0. The zero-order valence-electron chi connectivity index (χ0n) is 11.6. The van der Waals surface area contributed by atoms with Crippen molar-refractivity contribution in [1.29, 1.82) is 0 Å². The maximum atomic E-state index is 12.5. The molecule has 5 nitrogen and oxygen atoms in total. The number of carbonyl (C=O) groups is 1. The van der Waals surface area contributed by atoms with Crippen molar-refractivity contribution < 1.29 is 4.79 Å². The van der Waals surface area contributed by atoms with Crippen LogP contribution in [0.3, 0.4) is 0 Å². The fraction of sp³-hybridized carbons (Fsp3) is 0.333. The number of H-pyrrole nitrogens is 1. The number of aromatic nitrogens is 2. The Kier molecular flexibility index (Phi) is 2.97. The molecule has 3 heterocycles. The van der Waals surface area contributed by atoms with Gasteiger partial charge >= 0.3 is 0 Å². The minimum Gasteiger partial charge on any atom is -0.345 e. The highest BCUT2D eigenvalue weighted by Gasteiger charge is 2.29. The van der Waals surface area contributed by atoms with E-state index < -0.39 is 0 Å². The molecule has 1 aliphatic heterocycles. The van der Waals surface area contributed by atoms with Gasteiger partial charge in [0.1, 0.15) is 5.69 Å². The third-order valence-corrected chi connectivity index (χ3v) is 3.95. The van der Waals surface area contributed by atoms with Crippen LogP contribution in [0.25, 0.3) is 0 Å². The Morgan fingerprint density at radius 1 is 1.25 bits per heavy atom. The van der Waals surface area contributed by atoms with Gasteiger partial charge in [0.15, 0.2) is 0 Å². The summed E-state index contributed by atoms with van der Waals surface area (Å²) in [7, 11) is 0. The molecule has 0 aliphatic carbocycles. The van der Waals surface area contributed by atoms with Crippen molar-refractivity contribution in [1.82, 2.24) is 14.5 Å². The summed E-state index contributed by atoms with van der Waals surface area (Å²) in [6, 6.07) is 8.80. The smallest absolute Gasteiger partial charge is 0.270 e. The first-order valence-electron chi connectivity index (χ1n) is 6.74. The Bertz CT molecular complexity index is 714. The summed E-state index contributed by atoms with van der Waals surface area (Å²) < 4.78 is 2.24. The molecule has 3 rings (SSSR count). The van der Waals surface area contributed by atoms with Gasteiger partial charge in [-0.25, -0.2) is 0 Å². The van der Waals surface area contributed by atoms with Gasteiger partial charge in [-0.15, -0.1) is 0 Å². The molecule has 2 aromatic heterocycles. The van der Waals surface area contributed by atoms with Crippen LogP contribution in [0.4, 0.5) is 0 Å². The summed E-state index contributed by atoms with van der Waals surface area (Å²) >= 11 is 0. The molecule has 0 radical (unpaired) electrons. The number of aromatic amines is 1. The van der Waals surface area contributed by atoms with Crippen molar-refractivity contribution in [3.05, 3.63) is 57.8 Å². The number of hydrogen-bond donors (Lipinski definition) is 1. The van der Waals surface area contributed by atoms with E-state index in [4.69, 9.17) is 0 Å². The topological polar surface area (TPSA) is 58.1 Å². The maximum absolute atomic E-state index is 12.5. The number of fused-ring (bicyclic) bond motifs is 1. The van der Waals surface area contributed by atoms with Crippen LogP contribution in [-0.4, -0.2) is 26.9 Å². The predicted octanol–water partition coefficient (Wildman–Crippen LogP) is 1.70. The first-order chi connectivity index (χ1) is 9.58. The van der Waals surface area contributed by atoms with E-state index in [2.05, 4.69) is 28.6 Å². The van der Waals surface area contributed by atoms with Crippen molar-refractivity contribution in [2.24, 2.45) is 0 Å². The average Bonchev–Trinajstić information content (AvgIpc) is 2.81. The number of rotatable bonds is 1. The zero-order valence-corrected chi connectivity index (χ0v) is 11.6. The van der Waals surface area contributed by atoms with E-state index >= 15 is 0 Å². The number of amides is 1. The number of nitrogens with zero attached hydrogens (tertiary/aromatic N) is 2. The van der Waals surface area contributed by atoms with E-state index in [9.17, 15) is 9.59 Å². The molecule has 1 aliphatic rings. The van der Waals surface area contributed by atoms with E-state index in [-0.39, 0.29) is 17.5 Å². The van der Waals surface area contributed by atoms with E-state index in [0.717, 1.165) is 12.2 Å². The summed E-state index contributed by atoms with van der Waals surface area (Å²) in [5.74, 6) is -0.125. The largest absolute Gasteiger partial charge is 0.345 e. The van der Waals surface area contributed by atoms with Crippen LogP contribution in [0.2, 0.25) is 0 Å². The molecular weight excluding hydrogens is 254 g/mol. The molecule has 20 heavy (non-hydrogen) atoms. The minimum atomic E-state index is -0.250. The van der Waals surface area contributed by atoms with Gasteiger partial charge < -0.3 is 14.5 Å². The predicted molar refractivity (Wildman–Crippen MR) is 75.7 cm³/mol. The van der Waals surface area contributed by atoms with E-state index in [0.29, 0.717) is 12.2 Å². The molecule has 0 aromatic carbocycles. The first-order valence-corrected chi connectivity index (χ1v) is 6.74. The van der Waals surface area contributed by atoms with Crippen LogP contribution >= 0.6 is 0 Å². The van der Waals surface area contributed by atoms with Crippen LogP contribution in [0, 0.1) is 6.92 Å². The second-order valence-corrected chi connectivity index (χ2v) is 5.15. The molecule has 1 unspecified atom stereocenters. The Hall–Kier alpha value is -2.30. The second kappa shape index (κ2) is 4.67. The molecule has 0 fully saturated rings. The lowest BCUT2D eigenvalue weighted by molar-refractivity contribution is 0.0636. The highest BCUT2D eigenvalue weighted by molar-refractivity contribution is 5.92. The normalized spacial score (nSPS) is 17.9. The Balaban J connectivity index is 1.93. The number of aryl methyl sites for hydroxylation is 1. The van der Waals surface area contributed by atoms with Crippen LogP contribution in [0.1, 0.15) is 34.8 Å². The third-order valence-electron chi connectivity index (χ3n) is 3.95. The van der Waals surface area contributed by atoms with E-state index in [1.807, 2.05) is 6.92 Å². The van der Waals surface area contributed by atoms with Crippen LogP contribution in [0.5, 0.6) is 0 Å². The van der Waals surface area contributed by atoms with Crippen LogP contribution in [-0.2, 0) is 6.54 Å². The maximum Gasteiger partial charge on any atom is 0.270 e. The van der Waals surface area contributed by atoms with Gasteiger partial charge in [-0.3, -0.25) is 9.59 Å². The van der Waals surface area contributed by atoms with Gasteiger partial charge in [0.2, 0.25) is 5.56 Å². The van der Waals surface area contributed by atoms with Crippen LogP contribution < -0.4 is 5.56 Å². The lowest BCUT2D eigenvalue weighted by atomic mass is 10.1. The lowest BCUT2D eigenvalue weighted by Gasteiger charge is -2.35. The molecule has 2 aromatic rings. The highest BCUT2D eigenvalue weighted by Crippen LogP contribution is 2.27. The Labute approximate surface area is 116 Å². The third kappa shape index (κ3) is 1.95. The fourth-order valence-corrected chi connectivity index (χ4v) is 2.83. The molecule has 5 heteroatoms. The van der Waals surface area contributed by atoms with E-state index in [1.165, 1.54) is 11.8 Å². The number of hydrogen-bond acceptors (Lipinski definition) is 2. The SMILES string of the molecule is Cc1ccc2n1CCN(C(=O)c1cccc(=O)[nH]1)C2C. The standard InChI is InChI=1S/C15H17N3O2/c1-10-6-7-13-11(2)18(9-8-17(10)13)15(20)12-4-3-5-14(19)16-12/h3-7,11H,8-9H2,1-2H3,(H,16,19). The molecule has 1 N–H and O–H groups in total. The Morgan fingerprint density at radius 3 is 2.80 bits per heavy atom. The van der Waals surface area contributed by atoms with Gasteiger partial charge in [0.25, 0.3) is 5.91 Å². The number of carbonyl (C=O) groups excluding carboxylic acids is 1. The van der Waals surface area contributed by atoms with Gasteiger partial charge in [0.05, 0.1) is 6.04 Å². The van der Waals surface area contributed by atoms with Crippen LogP contribution in [0.15, 0.2) is 35.1 Å². The van der Waals surface area contributed by atoms with Gasteiger partial charge in [0, 0.05) is 30.5 Å². The molecule has 0 bridgehead atoms. The summed E-state index contributed by atoms with van der Waals surface area (Å²) in [6.45, 7) is 5.53. The Morgan fingerprint density at radius 2 is 2.05 bits per heavy atom. The molecular formula is C15H17N3O2. The van der Waals surface area contributed by atoms with E-state index in [1.54, 1.807) is 17.0 Å². The van der Waals surface area contributed by atoms with Crippen molar-refractivity contribution in [2.45, 2.75) is 26.4 Å². The molecule has 104 valence electrons. The lowest BCUT2D eigenvalue weighted by Crippen LogP contribution is -2.41. The summed E-state index contributed by atoms with van der Waals surface area (Å²) in [4.78, 5) is 28.3. The quantitative estimate of drug-likeness (QED) is 0.858. The number of pyridine rings is 1. The summed E-state index contributed by atoms with van der Waals surface area (Å²) in [5, 5.41) is 0. The van der Waals surface area contributed by atoms with Crippen molar-refractivity contribution in [2.75, 3.05) is 6.54 Å². The van der Waals surface area contributed by atoms with Crippen molar-refractivity contribution in [3.63, 3.8) is 0 Å². The highest BCUT2D eigenvalue weighted by atomic mass is 16.2. The molecule has 0 spiro atoms. The molecule has 0 saturated carbocycles. The minimum absolute atomic E-state index is 0.00802. The van der Waals surface area contributed by atoms with Gasteiger partial charge in [-0.2, -0.15) is 0 Å². The van der Waals surface area contributed by atoms with Crippen molar-refractivity contribution >= 4 is 5.91 Å². The fourth-order valence-electron chi connectivity index (χ4n) is 2.83. The second-order valence-electron chi connectivity index (χ2n) is 5.15. The molecule has 1 atom stereocenters. The van der Waals surface area contributed by atoms with Gasteiger partial charge in [-0.05, 0) is 32.0 Å². The van der Waals surface area contributed by atoms with Gasteiger partial charge in [-0.1, -0.05) is 6.07 Å². The molecule has 1 amide bonds. The number of nitrogens with one attached hydrogen (secondary N) is 1. The molecule has 0 saturated heterocycles. The van der Waals surface area contributed by atoms with Crippen molar-refractivity contribution in [3.8, 4) is 0 Å². The monoisotopic (exact) mass is 271 g/mol. The first kappa shape index (κ1) is 12.7.